The van der Waals surface area contributed by atoms with E-state index < -0.39 is 0 Å². The first-order valence-electron chi connectivity index (χ1n) is 9.32. The molecule has 2 heterocycles. The van der Waals surface area contributed by atoms with E-state index in [1.807, 2.05) is 30.0 Å². The van der Waals surface area contributed by atoms with E-state index in [1.54, 1.807) is 13.0 Å². The number of amides is 2. The Balaban J connectivity index is 1.59. The summed E-state index contributed by atoms with van der Waals surface area (Å²) in [4.78, 5) is 26.7. The molecule has 0 aliphatic carbocycles. The molecule has 7 nitrogen and oxygen atoms in total. The van der Waals surface area contributed by atoms with Gasteiger partial charge in [-0.3, -0.25) is 14.9 Å². The van der Waals surface area contributed by atoms with Crippen molar-refractivity contribution in [3.63, 3.8) is 0 Å². The molecule has 0 radical (unpaired) electrons. The standard InChI is InChI=1S/C20H26N4O3/c1-13-10-16(20(26)24-9-5-4-6-15(24)3)7-8-17(13)21-12-18(25)22-19-11-14(2)23-27-19/h7-8,10-11,15,21H,4-6,9,12H2,1-3H3,(H,22,25)/t15-/m0/s1. The highest BCUT2D eigenvalue weighted by Gasteiger charge is 2.24. The number of carbonyl (C=O) groups excluding carboxylic acids is 2. The Morgan fingerprint density at radius 3 is 2.74 bits per heavy atom. The number of piperidine rings is 1. The molecule has 144 valence electrons. The second-order valence-electron chi connectivity index (χ2n) is 7.11. The predicted molar refractivity (Wildman–Crippen MR) is 104 cm³/mol. The van der Waals surface area contributed by atoms with Gasteiger partial charge in [0, 0.05) is 29.9 Å². The first kappa shape index (κ1) is 18.9. The van der Waals surface area contributed by atoms with Gasteiger partial charge in [-0.25, -0.2) is 0 Å². The fourth-order valence-corrected chi connectivity index (χ4v) is 3.34. The predicted octanol–water partition coefficient (Wildman–Crippen LogP) is 3.36. The molecule has 2 N–H and O–H groups in total. The van der Waals surface area contributed by atoms with Crippen molar-refractivity contribution in [2.75, 3.05) is 23.7 Å². The average Bonchev–Trinajstić information content (AvgIpc) is 3.05. The van der Waals surface area contributed by atoms with Crippen LogP contribution in [0.5, 0.6) is 0 Å². The Labute approximate surface area is 159 Å². The molecule has 0 spiro atoms. The lowest BCUT2D eigenvalue weighted by atomic mass is 10.0. The van der Waals surface area contributed by atoms with Crippen LogP contribution in [0.3, 0.4) is 0 Å². The van der Waals surface area contributed by atoms with Gasteiger partial charge in [-0.15, -0.1) is 0 Å². The molecular formula is C20H26N4O3. The summed E-state index contributed by atoms with van der Waals surface area (Å²) in [7, 11) is 0. The number of aryl methyl sites for hydroxylation is 2. The van der Waals surface area contributed by atoms with Gasteiger partial charge in [0.1, 0.15) is 0 Å². The van der Waals surface area contributed by atoms with E-state index in [1.165, 1.54) is 6.42 Å². The quantitative estimate of drug-likeness (QED) is 0.843. The van der Waals surface area contributed by atoms with Crippen molar-refractivity contribution >= 4 is 23.4 Å². The second kappa shape index (κ2) is 8.24. The zero-order chi connectivity index (χ0) is 19.4. The van der Waals surface area contributed by atoms with E-state index in [-0.39, 0.29) is 24.4 Å². The number of nitrogens with zero attached hydrogens (tertiary/aromatic N) is 2. The van der Waals surface area contributed by atoms with Crippen LogP contribution in [0, 0.1) is 13.8 Å². The van der Waals surface area contributed by atoms with Crippen LogP contribution in [0.15, 0.2) is 28.8 Å². The van der Waals surface area contributed by atoms with Crippen molar-refractivity contribution in [3.8, 4) is 0 Å². The van der Waals surface area contributed by atoms with Crippen LogP contribution in [0.25, 0.3) is 0 Å². The lowest BCUT2D eigenvalue weighted by molar-refractivity contribution is -0.114. The first-order valence-corrected chi connectivity index (χ1v) is 9.32. The number of aromatic nitrogens is 1. The van der Waals surface area contributed by atoms with Crippen molar-refractivity contribution in [3.05, 3.63) is 41.1 Å². The summed E-state index contributed by atoms with van der Waals surface area (Å²) in [6.07, 6.45) is 3.31. The van der Waals surface area contributed by atoms with Crippen LogP contribution in [0.1, 0.15) is 47.8 Å². The van der Waals surface area contributed by atoms with Crippen molar-refractivity contribution in [1.82, 2.24) is 10.1 Å². The second-order valence-corrected chi connectivity index (χ2v) is 7.11. The first-order chi connectivity index (χ1) is 12.9. The summed E-state index contributed by atoms with van der Waals surface area (Å²) in [6.45, 7) is 6.73. The SMILES string of the molecule is Cc1cc(NC(=O)CNc2ccc(C(=O)N3CCCC[C@@H]3C)cc2C)on1. The van der Waals surface area contributed by atoms with Gasteiger partial charge in [0.15, 0.2) is 0 Å². The minimum Gasteiger partial charge on any atom is -0.376 e. The Bertz CT molecular complexity index is 830. The highest BCUT2D eigenvalue weighted by Crippen LogP contribution is 2.22. The minimum atomic E-state index is -0.229. The van der Waals surface area contributed by atoms with Crippen LogP contribution in [0.2, 0.25) is 0 Å². The van der Waals surface area contributed by atoms with Crippen LogP contribution < -0.4 is 10.6 Å². The average molecular weight is 370 g/mol. The van der Waals surface area contributed by atoms with E-state index >= 15 is 0 Å². The summed E-state index contributed by atoms with van der Waals surface area (Å²) in [5.41, 5.74) is 3.14. The van der Waals surface area contributed by atoms with Crippen LogP contribution >= 0.6 is 0 Å². The minimum absolute atomic E-state index is 0.0790. The monoisotopic (exact) mass is 370 g/mol. The Hall–Kier alpha value is -2.83. The van der Waals surface area contributed by atoms with Crippen molar-refractivity contribution in [2.45, 2.75) is 46.1 Å². The Morgan fingerprint density at radius 1 is 1.26 bits per heavy atom. The molecular weight excluding hydrogens is 344 g/mol. The van der Waals surface area contributed by atoms with Crippen molar-refractivity contribution in [1.29, 1.82) is 0 Å². The van der Waals surface area contributed by atoms with E-state index in [0.29, 0.717) is 17.1 Å². The molecule has 1 saturated heterocycles. The third-order valence-corrected chi connectivity index (χ3v) is 4.87. The smallest absolute Gasteiger partial charge is 0.254 e. The number of hydrogen-bond acceptors (Lipinski definition) is 5. The highest BCUT2D eigenvalue weighted by molar-refractivity contribution is 5.96. The number of carbonyl (C=O) groups is 2. The molecule has 1 aromatic heterocycles. The normalized spacial score (nSPS) is 16.9. The Morgan fingerprint density at radius 2 is 2.07 bits per heavy atom. The molecule has 1 aliphatic heterocycles. The number of hydrogen-bond donors (Lipinski definition) is 2. The summed E-state index contributed by atoms with van der Waals surface area (Å²) in [5, 5.41) is 9.46. The fourth-order valence-electron chi connectivity index (χ4n) is 3.34. The molecule has 27 heavy (non-hydrogen) atoms. The number of rotatable bonds is 5. The maximum atomic E-state index is 12.8. The van der Waals surface area contributed by atoms with Gasteiger partial charge in [0.05, 0.1) is 12.2 Å². The highest BCUT2D eigenvalue weighted by atomic mass is 16.5. The van der Waals surface area contributed by atoms with Crippen LogP contribution in [0.4, 0.5) is 11.6 Å². The molecule has 1 fully saturated rings. The lowest BCUT2D eigenvalue weighted by Crippen LogP contribution is -2.42. The third kappa shape index (κ3) is 4.67. The molecule has 0 saturated carbocycles. The number of likely N-dealkylation sites (tertiary alicyclic amines) is 1. The largest absolute Gasteiger partial charge is 0.376 e. The lowest BCUT2D eigenvalue weighted by Gasteiger charge is -2.33. The van der Waals surface area contributed by atoms with Gasteiger partial charge in [0.2, 0.25) is 11.8 Å². The molecule has 3 rings (SSSR count). The van der Waals surface area contributed by atoms with Gasteiger partial charge in [0.25, 0.3) is 5.91 Å². The van der Waals surface area contributed by atoms with Gasteiger partial charge in [-0.05, 0) is 63.8 Å². The molecule has 0 bridgehead atoms. The maximum absolute atomic E-state index is 12.8. The van der Waals surface area contributed by atoms with Crippen LogP contribution in [-0.2, 0) is 4.79 Å². The molecule has 1 aromatic carbocycles. The van der Waals surface area contributed by atoms with Gasteiger partial charge < -0.3 is 14.7 Å². The number of anilines is 2. The molecule has 1 atom stereocenters. The summed E-state index contributed by atoms with van der Waals surface area (Å²) < 4.78 is 4.97. The molecule has 7 heteroatoms. The zero-order valence-electron chi connectivity index (χ0n) is 16.0. The fraction of sp³-hybridized carbons (Fsp3) is 0.450. The van der Waals surface area contributed by atoms with Gasteiger partial charge in [-0.1, -0.05) is 5.16 Å². The third-order valence-electron chi connectivity index (χ3n) is 4.87. The molecule has 1 aliphatic rings. The maximum Gasteiger partial charge on any atom is 0.254 e. The van der Waals surface area contributed by atoms with Gasteiger partial charge in [-0.2, -0.15) is 0 Å². The number of benzene rings is 1. The van der Waals surface area contributed by atoms with Crippen molar-refractivity contribution < 1.29 is 14.1 Å². The summed E-state index contributed by atoms with van der Waals surface area (Å²) in [6, 6.07) is 7.49. The topological polar surface area (TPSA) is 87.5 Å². The van der Waals surface area contributed by atoms with E-state index in [2.05, 4.69) is 22.7 Å². The van der Waals surface area contributed by atoms with Gasteiger partial charge >= 0.3 is 0 Å². The summed E-state index contributed by atoms with van der Waals surface area (Å²) in [5.74, 6) is 0.177. The molecule has 2 aromatic rings. The van der Waals surface area contributed by atoms with E-state index in [0.717, 1.165) is 30.6 Å². The van der Waals surface area contributed by atoms with E-state index in [9.17, 15) is 9.59 Å². The van der Waals surface area contributed by atoms with Crippen LogP contribution in [-0.4, -0.2) is 41.0 Å². The summed E-state index contributed by atoms with van der Waals surface area (Å²) >= 11 is 0. The number of nitrogens with one attached hydrogen (secondary N) is 2. The molecule has 0 unspecified atom stereocenters. The molecule has 2 amide bonds. The van der Waals surface area contributed by atoms with E-state index in [4.69, 9.17) is 4.52 Å². The zero-order valence-corrected chi connectivity index (χ0v) is 16.0. The Kier molecular flexibility index (Phi) is 5.78. The van der Waals surface area contributed by atoms with Crippen molar-refractivity contribution in [2.24, 2.45) is 0 Å².